The summed E-state index contributed by atoms with van der Waals surface area (Å²) in [6.45, 7) is 4.97. The van der Waals surface area contributed by atoms with E-state index in [2.05, 4.69) is 47.4 Å². The molecule has 2 rings (SSSR count). The highest BCUT2D eigenvalue weighted by atomic mass is 35.5. The summed E-state index contributed by atoms with van der Waals surface area (Å²) in [5.74, 6) is 0.571. The standard InChI is InChI=1S/C14H17ClN2S/c1-10-6-14(5-4-12(10)7-15)17(3)8-13-9-18-11(2)16-13/h4-6,9H,7-8H2,1-3H3. The minimum Gasteiger partial charge on any atom is -0.369 e. The Morgan fingerprint density at radius 2 is 2.11 bits per heavy atom. The molecule has 18 heavy (non-hydrogen) atoms. The van der Waals surface area contributed by atoms with Gasteiger partial charge in [-0.15, -0.1) is 22.9 Å². The topological polar surface area (TPSA) is 16.1 Å². The fourth-order valence-electron chi connectivity index (χ4n) is 1.88. The van der Waals surface area contributed by atoms with Crippen LogP contribution in [0.15, 0.2) is 23.6 Å². The van der Waals surface area contributed by atoms with Crippen molar-refractivity contribution in [2.24, 2.45) is 0 Å². The first-order valence-electron chi connectivity index (χ1n) is 5.88. The van der Waals surface area contributed by atoms with Gasteiger partial charge in [-0.25, -0.2) is 4.98 Å². The van der Waals surface area contributed by atoms with Gasteiger partial charge in [-0.2, -0.15) is 0 Å². The lowest BCUT2D eigenvalue weighted by Gasteiger charge is -2.19. The van der Waals surface area contributed by atoms with Crippen molar-refractivity contribution in [1.29, 1.82) is 0 Å². The first-order valence-corrected chi connectivity index (χ1v) is 7.29. The summed E-state index contributed by atoms with van der Waals surface area (Å²) in [5.41, 5.74) is 4.76. The Morgan fingerprint density at radius 3 is 2.67 bits per heavy atom. The zero-order chi connectivity index (χ0) is 13.1. The molecule has 1 aromatic heterocycles. The maximum Gasteiger partial charge on any atom is 0.0898 e. The normalized spacial score (nSPS) is 10.7. The molecule has 0 fully saturated rings. The van der Waals surface area contributed by atoms with E-state index >= 15 is 0 Å². The number of halogens is 1. The molecule has 0 saturated heterocycles. The second kappa shape index (κ2) is 5.72. The Labute approximate surface area is 117 Å². The van der Waals surface area contributed by atoms with Gasteiger partial charge in [-0.1, -0.05) is 6.07 Å². The molecular formula is C14H17ClN2S. The highest BCUT2D eigenvalue weighted by Crippen LogP contribution is 2.21. The van der Waals surface area contributed by atoms with Crippen LogP contribution < -0.4 is 4.90 Å². The van der Waals surface area contributed by atoms with Gasteiger partial charge in [0.1, 0.15) is 0 Å². The number of aromatic nitrogens is 1. The molecule has 0 radical (unpaired) electrons. The van der Waals surface area contributed by atoms with E-state index in [1.807, 2.05) is 6.92 Å². The summed E-state index contributed by atoms with van der Waals surface area (Å²) in [6.07, 6.45) is 0. The average molecular weight is 281 g/mol. The third kappa shape index (κ3) is 3.03. The van der Waals surface area contributed by atoms with Crippen molar-refractivity contribution in [3.05, 3.63) is 45.4 Å². The second-order valence-electron chi connectivity index (χ2n) is 4.46. The van der Waals surface area contributed by atoms with Crippen LogP contribution in [0.3, 0.4) is 0 Å². The van der Waals surface area contributed by atoms with Gasteiger partial charge in [0.05, 0.1) is 17.2 Å². The van der Waals surface area contributed by atoms with Crippen molar-refractivity contribution in [3.63, 3.8) is 0 Å². The second-order valence-corrected chi connectivity index (χ2v) is 5.79. The maximum absolute atomic E-state index is 5.87. The van der Waals surface area contributed by atoms with Gasteiger partial charge < -0.3 is 4.90 Å². The SMILES string of the molecule is Cc1nc(CN(C)c2ccc(CCl)c(C)c2)cs1. The van der Waals surface area contributed by atoms with Crippen molar-refractivity contribution in [2.45, 2.75) is 26.3 Å². The fraction of sp³-hybridized carbons (Fsp3) is 0.357. The molecule has 1 heterocycles. The summed E-state index contributed by atoms with van der Waals surface area (Å²) in [7, 11) is 2.09. The van der Waals surface area contributed by atoms with Gasteiger partial charge in [0, 0.05) is 24.0 Å². The Kier molecular flexibility index (Phi) is 4.25. The van der Waals surface area contributed by atoms with Crippen LogP contribution >= 0.6 is 22.9 Å². The highest BCUT2D eigenvalue weighted by Gasteiger charge is 2.06. The zero-order valence-electron chi connectivity index (χ0n) is 10.9. The lowest BCUT2D eigenvalue weighted by atomic mass is 10.1. The number of benzene rings is 1. The number of rotatable bonds is 4. The smallest absolute Gasteiger partial charge is 0.0898 e. The molecule has 0 unspecified atom stereocenters. The van der Waals surface area contributed by atoms with Crippen LogP contribution in [-0.4, -0.2) is 12.0 Å². The number of hydrogen-bond acceptors (Lipinski definition) is 3. The molecule has 0 atom stereocenters. The van der Waals surface area contributed by atoms with E-state index in [0.29, 0.717) is 5.88 Å². The molecule has 2 nitrogen and oxygen atoms in total. The zero-order valence-corrected chi connectivity index (χ0v) is 12.5. The first kappa shape index (κ1) is 13.4. The van der Waals surface area contributed by atoms with Crippen molar-refractivity contribution >= 4 is 28.6 Å². The molecule has 0 N–H and O–H groups in total. The van der Waals surface area contributed by atoms with Crippen LogP contribution in [-0.2, 0) is 12.4 Å². The Morgan fingerprint density at radius 1 is 1.33 bits per heavy atom. The molecule has 4 heteroatoms. The molecule has 0 bridgehead atoms. The summed E-state index contributed by atoms with van der Waals surface area (Å²) in [5, 5.41) is 3.23. The van der Waals surface area contributed by atoms with Gasteiger partial charge in [-0.05, 0) is 37.1 Å². The number of thiazole rings is 1. The Hall–Kier alpha value is -1.06. The summed E-state index contributed by atoms with van der Waals surface area (Å²) in [6, 6.07) is 6.39. The number of alkyl halides is 1. The van der Waals surface area contributed by atoms with E-state index < -0.39 is 0 Å². The number of aryl methyl sites for hydroxylation is 2. The van der Waals surface area contributed by atoms with Crippen molar-refractivity contribution in [2.75, 3.05) is 11.9 Å². The molecular weight excluding hydrogens is 264 g/mol. The molecule has 2 aromatic rings. The van der Waals surface area contributed by atoms with Gasteiger partial charge in [0.2, 0.25) is 0 Å². The first-order chi connectivity index (χ1) is 8.60. The Balaban J connectivity index is 2.13. The van der Waals surface area contributed by atoms with E-state index in [1.165, 1.54) is 16.8 Å². The largest absolute Gasteiger partial charge is 0.369 e. The van der Waals surface area contributed by atoms with Crippen LogP contribution in [0.2, 0.25) is 0 Å². The molecule has 1 aromatic carbocycles. The van der Waals surface area contributed by atoms with Crippen LogP contribution in [0.5, 0.6) is 0 Å². The average Bonchev–Trinajstić information content (AvgIpc) is 2.74. The van der Waals surface area contributed by atoms with Crippen LogP contribution in [0.4, 0.5) is 5.69 Å². The van der Waals surface area contributed by atoms with Crippen molar-refractivity contribution in [3.8, 4) is 0 Å². The number of hydrogen-bond donors (Lipinski definition) is 0. The molecule has 0 aliphatic heterocycles. The van der Waals surface area contributed by atoms with Gasteiger partial charge in [0.15, 0.2) is 0 Å². The lowest BCUT2D eigenvalue weighted by Crippen LogP contribution is -2.16. The monoisotopic (exact) mass is 280 g/mol. The molecule has 0 aliphatic rings. The summed E-state index contributed by atoms with van der Waals surface area (Å²) in [4.78, 5) is 6.70. The summed E-state index contributed by atoms with van der Waals surface area (Å²) >= 11 is 7.57. The molecule has 96 valence electrons. The van der Waals surface area contributed by atoms with Crippen molar-refractivity contribution < 1.29 is 0 Å². The Bertz CT molecular complexity index is 536. The fourth-order valence-corrected chi connectivity index (χ4v) is 2.79. The van der Waals surface area contributed by atoms with Gasteiger partial charge in [-0.3, -0.25) is 0 Å². The predicted octanol–water partition coefficient (Wildman–Crippen LogP) is 4.14. The third-order valence-corrected chi connectivity index (χ3v) is 4.09. The predicted molar refractivity (Wildman–Crippen MR) is 79.7 cm³/mol. The minimum atomic E-state index is 0.571. The number of anilines is 1. The van der Waals surface area contributed by atoms with Crippen molar-refractivity contribution in [1.82, 2.24) is 4.98 Å². The molecule has 0 aliphatic carbocycles. The van der Waals surface area contributed by atoms with Gasteiger partial charge >= 0.3 is 0 Å². The summed E-state index contributed by atoms with van der Waals surface area (Å²) < 4.78 is 0. The van der Waals surface area contributed by atoms with Crippen LogP contribution in [0.25, 0.3) is 0 Å². The third-order valence-electron chi connectivity index (χ3n) is 2.98. The van der Waals surface area contributed by atoms with Gasteiger partial charge in [0.25, 0.3) is 0 Å². The van der Waals surface area contributed by atoms with E-state index in [-0.39, 0.29) is 0 Å². The molecule has 0 spiro atoms. The molecule has 0 saturated carbocycles. The maximum atomic E-state index is 5.87. The van der Waals surface area contributed by atoms with E-state index in [1.54, 1.807) is 11.3 Å². The molecule has 0 amide bonds. The quantitative estimate of drug-likeness (QED) is 0.783. The number of nitrogens with zero attached hydrogens (tertiary/aromatic N) is 2. The highest BCUT2D eigenvalue weighted by molar-refractivity contribution is 7.09. The van der Waals surface area contributed by atoms with E-state index in [0.717, 1.165) is 17.2 Å². The van der Waals surface area contributed by atoms with Crippen LogP contribution in [0.1, 0.15) is 21.8 Å². The van der Waals surface area contributed by atoms with E-state index in [9.17, 15) is 0 Å². The van der Waals surface area contributed by atoms with Crippen LogP contribution in [0, 0.1) is 13.8 Å². The lowest BCUT2D eigenvalue weighted by molar-refractivity contribution is 0.889. The van der Waals surface area contributed by atoms with E-state index in [4.69, 9.17) is 11.6 Å². The minimum absolute atomic E-state index is 0.571.